The lowest BCUT2D eigenvalue weighted by Gasteiger charge is -2.35. The van der Waals surface area contributed by atoms with Crippen molar-refractivity contribution >= 4 is 5.91 Å². The number of carbonyl (C=O) groups is 1. The Hall–Kier alpha value is -1.43. The maximum Gasteiger partial charge on any atom is 0.216 e. The number of nitrogens with one attached hydrogen (secondary N) is 1. The molecule has 2 heterocycles. The molecular formula is C14H25N5O. The summed E-state index contributed by atoms with van der Waals surface area (Å²) in [7, 11) is 1.95. The van der Waals surface area contributed by atoms with Gasteiger partial charge in [0.1, 0.15) is 11.6 Å². The second-order valence-electron chi connectivity index (χ2n) is 5.59. The SMILES string of the molecule is CC(=O)NCC[C@H]1CCCCN1Cc1nc(C)nn1C. The molecule has 20 heavy (non-hydrogen) atoms. The van der Waals surface area contributed by atoms with Crippen LogP contribution >= 0.6 is 0 Å². The fourth-order valence-corrected chi connectivity index (χ4v) is 2.89. The molecule has 1 saturated heterocycles. The zero-order valence-electron chi connectivity index (χ0n) is 12.7. The van der Waals surface area contributed by atoms with Crippen LogP contribution in [0.1, 0.15) is 44.3 Å². The van der Waals surface area contributed by atoms with Crippen LogP contribution in [0.25, 0.3) is 0 Å². The first-order chi connectivity index (χ1) is 9.56. The Balaban J connectivity index is 1.92. The molecule has 2 rings (SSSR count). The number of rotatable bonds is 5. The van der Waals surface area contributed by atoms with E-state index in [4.69, 9.17) is 0 Å². The van der Waals surface area contributed by atoms with E-state index in [1.807, 2.05) is 18.7 Å². The van der Waals surface area contributed by atoms with Gasteiger partial charge in [-0.3, -0.25) is 14.4 Å². The van der Waals surface area contributed by atoms with Gasteiger partial charge >= 0.3 is 0 Å². The van der Waals surface area contributed by atoms with E-state index in [2.05, 4.69) is 20.3 Å². The smallest absolute Gasteiger partial charge is 0.216 e. The molecule has 0 bridgehead atoms. The summed E-state index contributed by atoms with van der Waals surface area (Å²) in [5.41, 5.74) is 0. The molecule has 1 aromatic rings. The third-order valence-corrected chi connectivity index (χ3v) is 3.90. The molecule has 1 aromatic heterocycles. The summed E-state index contributed by atoms with van der Waals surface area (Å²) in [5.74, 6) is 1.90. The molecule has 0 aromatic carbocycles. The van der Waals surface area contributed by atoms with Crippen molar-refractivity contribution < 1.29 is 4.79 Å². The molecule has 1 aliphatic rings. The van der Waals surface area contributed by atoms with Crippen LogP contribution in [0.15, 0.2) is 0 Å². The van der Waals surface area contributed by atoms with Gasteiger partial charge in [0.05, 0.1) is 6.54 Å². The van der Waals surface area contributed by atoms with Gasteiger partial charge in [-0.25, -0.2) is 4.98 Å². The van der Waals surface area contributed by atoms with Crippen molar-refractivity contribution in [2.45, 2.75) is 52.1 Å². The molecule has 6 nitrogen and oxygen atoms in total. The van der Waals surface area contributed by atoms with Crippen molar-refractivity contribution in [2.75, 3.05) is 13.1 Å². The standard InChI is InChI=1S/C14H25N5O/c1-11-16-14(18(3)17-11)10-19-9-5-4-6-13(19)7-8-15-12(2)20/h13H,4-10H2,1-3H3,(H,15,20)/t13-/m1/s1. The van der Waals surface area contributed by atoms with E-state index in [1.54, 1.807) is 6.92 Å². The van der Waals surface area contributed by atoms with Gasteiger partial charge in [-0.1, -0.05) is 6.42 Å². The number of aromatic nitrogens is 3. The molecule has 0 radical (unpaired) electrons. The van der Waals surface area contributed by atoms with E-state index < -0.39 is 0 Å². The Morgan fingerprint density at radius 1 is 1.45 bits per heavy atom. The molecule has 1 atom stereocenters. The summed E-state index contributed by atoms with van der Waals surface area (Å²) in [6.07, 6.45) is 4.74. The summed E-state index contributed by atoms with van der Waals surface area (Å²) >= 11 is 0. The van der Waals surface area contributed by atoms with Crippen LogP contribution in [0.3, 0.4) is 0 Å². The summed E-state index contributed by atoms with van der Waals surface area (Å²) in [5, 5.41) is 7.20. The predicted octanol–water partition coefficient (Wildman–Crippen LogP) is 1.00. The molecule has 112 valence electrons. The maximum atomic E-state index is 11.0. The van der Waals surface area contributed by atoms with Gasteiger partial charge in [-0.15, -0.1) is 0 Å². The average molecular weight is 279 g/mol. The fraction of sp³-hybridized carbons (Fsp3) is 0.786. The third-order valence-electron chi connectivity index (χ3n) is 3.90. The van der Waals surface area contributed by atoms with E-state index in [9.17, 15) is 4.79 Å². The number of amides is 1. The molecule has 6 heteroatoms. The third kappa shape index (κ3) is 4.03. The monoisotopic (exact) mass is 279 g/mol. The summed E-state index contributed by atoms with van der Waals surface area (Å²) in [6, 6.07) is 0.535. The van der Waals surface area contributed by atoms with Crippen molar-refractivity contribution in [3.63, 3.8) is 0 Å². The van der Waals surface area contributed by atoms with Crippen LogP contribution in [-0.4, -0.2) is 44.7 Å². The second kappa shape index (κ2) is 6.83. The first-order valence-electron chi connectivity index (χ1n) is 7.41. The Labute approximate surface area is 120 Å². The van der Waals surface area contributed by atoms with Gasteiger partial charge in [0, 0.05) is 26.6 Å². The van der Waals surface area contributed by atoms with Crippen molar-refractivity contribution in [1.29, 1.82) is 0 Å². The number of likely N-dealkylation sites (tertiary alicyclic amines) is 1. The molecule has 0 saturated carbocycles. The lowest BCUT2D eigenvalue weighted by atomic mass is 9.99. The number of nitrogens with zero attached hydrogens (tertiary/aromatic N) is 4. The number of carbonyl (C=O) groups excluding carboxylic acids is 1. The number of hydrogen-bond acceptors (Lipinski definition) is 4. The minimum atomic E-state index is 0.0521. The number of aryl methyl sites for hydroxylation is 2. The Kier molecular flexibility index (Phi) is 5.11. The van der Waals surface area contributed by atoms with Crippen LogP contribution in [-0.2, 0) is 18.4 Å². The summed E-state index contributed by atoms with van der Waals surface area (Å²) < 4.78 is 1.87. The van der Waals surface area contributed by atoms with Gasteiger partial charge in [0.25, 0.3) is 0 Å². The molecule has 1 fully saturated rings. The van der Waals surface area contributed by atoms with Crippen LogP contribution in [0.2, 0.25) is 0 Å². The first-order valence-corrected chi connectivity index (χ1v) is 7.41. The van der Waals surface area contributed by atoms with E-state index in [0.717, 1.165) is 37.7 Å². The zero-order chi connectivity index (χ0) is 14.5. The highest BCUT2D eigenvalue weighted by molar-refractivity contribution is 5.72. The van der Waals surface area contributed by atoms with E-state index in [0.29, 0.717) is 6.04 Å². The van der Waals surface area contributed by atoms with Gasteiger partial charge in [0.2, 0.25) is 5.91 Å². The molecule has 0 unspecified atom stereocenters. The van der Waals surface area contributed by atoms with Crippen LogP contribution < -0.4 is 5.32 Å². The van der Waals surface area contributed by atoms with Crippen LogP contribution in [0.5, 0.6) is 0 Å². The minimum absolute atomic E-state index is 0.0521. The lowest BCUT2D eigenvalue weighted by Crippen LogP contribution is -2.41. The second-order valence-corrected chi connectivity index (χ2v) is 5.59. The van der Waals surface area contributed by atoms with Crippen LogP contribution in [0, 0.1) is 6.92 Å². The molecule has 1 aliphatic heterocycles. The van der Waals surface area contributed by atoms with E-state index in [1.165, 1.54) is 19.3 Å². The summed E-state index contributed by atoms with van der Waals surface area (Å²) in [4.78, 5) is 17.9. The van der Waals surface area contributed by atoms with E-state index >= 15 is 0 Å². The van der Waals surface area contributed by atoms with Crippen molar-refractivity contribution in [2.24, 2.45) is 7.05 Å². The first kappa shape index (κ1) is 15.0. The fourth-order valence-electron chi connectivity index (χ4n) is 2.89. The maximum absolute atomic E-state index is 11.0. The van der Waals surface area contributed by atoms with Crippen molar-refractivity contribution in [3.05, 3.63) is 11.6 Å². The predicted molar refractivity (Wildman–Crippen MR) is 77.1 cm³/mol. The molecule has 0 spiro atoms. The largest absolute Gasteiger partial charge is 0.356 e. The highest BCUT2D eigenvalue weighted by Gasteiger charge is 2.23. The van der Waals surface area contributed by atoms with Gasteiger partial charge in [-0.05, 0) is 32.7 Å². The van der Waals surface area contributed by atoms with Crippen molar-refractivity contribution in [1.82, 2.24) is 25.0 Å². The highest BCUT2D eigenvalue weighted by atomic mass is 16.1. The van der Waals surface area contributed by atoms with Gasteiger partial charge < -0.3 is 5.32 Å². The molecule has 1 N–H and O–H groups in total. The summed E-state index contributed by atoms with van der Waals surface area (Å²) in [6.45, 7) is 6.21. The van der Waals surface area contributed by atoms with Crippen LogP contribution in [0.4, 0.5) is 0 Å². The number of piperidine rings is 1. The average Bonchev–Trinajstić information content (AvgIpc) is 2.69. The van der Waals surface area contributed by atoms with Crippen molar-refractivity contribution in [3.8, 4) is 0 Å². The Morgan fingerprint density at radius 2 is 2.25 bits per heavy atom. The van der Waals surface area contributed by atoms with E-state index in [-0.39, 0.29) is 5.91 Å². The topological polar surface area (TPSA) is 63.1 Å². The molecule has 0 aliphatic carbocycles. The Bertz CT molecular complexity index is 456. The zero-order valence-corrected chi connectivity index (χ0v) is 12.7. The highest BCUT2D eigenvalue weighted by Crippen LogP contribution is 2.21. The quantitative estimate of drug-likeness (QED) is 0.873. The molecular weight excluding hydrogens is 254 g/mol. The Morgan fingerprint density at radius 3 is 2.90 bits per heavy atom. The molecule has 1 amide bonds. The normalized spacial score (nSPS) is 20.1. The van der Waals surface area contributed by atoms with Gasteiger partial charge in [0.15, 0.2) is 0 Å². The minimum Gasteiger partial charge on any atom is -0.356 e. The van der Waals surface area contributed by atoms with Gasteiger partial charge in [-0.2, -0.15) is 5.10 Å². The lowest BCUT2D eigenvalue weighted by molar-refractivity contribution is -0.119. The number of hydrogen-bond donors (Lipinski definition) is 1.